The predicted octanol–water partition coefficient (Wildman–Crippen LogP) is 2.36. The number of esters is 1. The second kappa shape index (κ2) is 3.70. The summed E-state index contributed by atoms with van der Waals surface area (Å²) in [5.74, 6) is 0.158. The van der Waals surface area contributed by atoms with E-state index in [2.05, 4.69) is 19.9 Å². The summed E-state index contributed by atoms with van der Waals surface area (Å²) in [6, 6.07) is 0. The van der Waals surface area contributed by atoms with Crippen molar-refractivity contribution in [3.05, 3.63) is 22.8 Å². The van der Waals surface area contributed by atoms with Crippen molar-refractivity contribution in [1.82, 2.24) is 0 Å². The summed E-state index contributed by atoms with van der Waals surface area (Å²) in [6.45, 7) is 6.09. The summed E-state index contributed by atoms with van der Waals surface area (Å²) in [4.78, 5) is 11.7. The zero-order chi connectivity index (χ0) is 13.1. The van der Waals surface area contributed by atoms with E-state index in [4.69, 9.17) is 4.74 Å². The maximum atomic E-state index is 11.7. The summed E-state index contributed by atoms with van der Waals surface area (Å²) >= 11 is 0. The minimum atomic E-state index is -0.579. The molecule has 4 atom stereocenters. The number of hydrogen-bond acceptors (Lipinski definition) is 3. The van der Waals surface area contributed by atoms with Gasteiger partial charge >= 0.3 is 5.97 Å². The molecule has 2 aliphatic carbocycles. The number of carbonyl (C=O) groups is 1. The summed E-state index contributed by atoms with van der Waals surface area (Å²) in [6.07, 6.45) is 4.49. The first kappa shape index (κ1) is 12.0. The van der Waals surface area contributed by atoms with Crippen LogP contribution in [0, 0.1) is 11.3 Å². The SMILES string of the molecule is CC1=C2[C@H](C=C3CCC[C@@H](C)[C@]3(C)[C@@H]2O)OC1=O. The molecule has 0 aromatic carbocycles. The highest BCUT2D eigenvalue weighted by molar-refractivity contribution is 5.92. The third-order valence-electron chi connectivity index (χ3n) is 5.29. The van der Waals surface area contributed by atoms with Gasteiger partial charge in [0.25, 0.3) is 0 Å². The van der Waals surface area contributed by atoms with E-state index in [1.807, 2.05) is 0 Å². The van der Waals surface area contributed by atoms with E-state index >= 15 is 0 Å². The van der Waals surface area contributed by atoms with E-state index in [1.165, 1.54) is 5.57 Å². The van der Waals surface area contributed by atoms with E-state index in [1.54, 1.807) is 6.92 Å². The summed E-state index contributed by atoms with van der Waals surface area (Å²) in [5.41, 5.74) is 2.44. The predicted molar refractivity (Wildman–Crippen MR) is 67.8 cm³/mol. The van der Waals surface area contributed by atoms with Crippen LogP contribution in [0.5, 0.6) is 0 Å². The van der Waals surface area contributed by atoms with Gasteiger partial charge in [-0.25, -0.2) is 4.79 Å². The average Bonchev–Trinajstić information content (AvgIpc) is 2.60. The minimum absolute atomic E-state index is 0.223. The van der Waals surface area contributed by atoms with Crippen LogP contribution < -0.4 is 0 Å². The largest absolute Gasteiger partial charge is 0.450 e. The molecular formula is C15H20O3. The van der Waals surface area contributed by atoms with Crippen molar-refractivity contribution in [1.29, 1.82) is 0 Å². The summed E-state index contributed by atoms with van der Waals surface area (Å²) in [7, 11) is 0. The Hall–Kier alpha value is -1.09. The normalized spacial score (nSPS) is 43.2. The molecule has 0 unspecified atom stereocenters. The highest BCUT2D eigenvalue weighted by Gasteiger charge is 2.52. The van der Waals surface area contributed by atoms with Gasteiger partial charge in [-0.05, 0) is 38.2 Å². The molecule has 0 spiro atoms. The molecule has 1 saturated carbocycles. The van der Waals surface area contributed by atoms with Crippen LogP contribution in [-0.4, -0.2) is 23.3 Å². The fourth-order valence-electron chi connectivity index (χ4n) is 3.78. The quantitative estimate of drug-likeness (QED) is 0.529. The molecule has 0 aromatic heterocycles. The maximum Gasteiger partial charge on any atom is 0.334 e. The molecule has 3 nitrogen and oxygen atoms in total. The zero-order valence-electron chi connectivity index (χ0n) is 11.2. The number of carbonyl (C=O) groups excluding carboxylic acids is 1. The lowest BCUT2D eigenvalue weighted by molar-refractivity contribution is -0.138. The highest BCUT2D eigenvalue weighted by atomic mass is 16.5. The first-order chi connectivity index (χ1) is 8.46. The van der Waals surface area contributed by atoms with Crippen molar-refractivity contribution in [2.75, 3.05) is 0 Å². The van der Waals surface area contributed by atoms with Crippen molar-refractivity contribution in [2.24, 2.45) is 11.3 Å². The van der Waals surface area contributed by atoms with Gasteiger partial charge in [0.05, 0.1) is 6.10 Å². The monoisotopic (exact) mass is 248 g/mol. The first-order valence-electron chi connectivity index (χ1n) is 6.77. The Morgan fingerprint density at radius 2 is 2.22 bits per heavy atom. The smallest absolute Gasteiger partial charge is 0.334 e. The van der Waals surface area contributed by atoms with Gasteiger partial charge in [-0.2, -0.15) is 0 Å². The van der Waals surface area contributed by atoms with Crippen LogP contribution in [0.25, 0.3) is 0 Å². The zero-order valence-corrected chi connectivity index (χ0v) is 11.2. The van der Waals surface area contributed by atoms with E-state index < -0.39 is 6.10 Å². The van der Waals surface area contributed by atoms with Gasteiger partial charge in [0, 0.05) is 16.6 Å². The third kappa shape index (κ3) is 1.31. The molecule has 1 aliphatic heterocycles. The maximum absolute atomic E-state index is 11.7. The van der Waals surface area contributed by atoms with Crippen LogP contribution in [0.2, 0.25) is 0 Å². The molecule has 3 heteroatoms. The van der Waals surface area contributed by atoms with Crippen molar-refractivity contribution in [3.8, 4) is 0 Å². The Bertz CT molecular complexity index is 474. The molecule has 0 saturated heterocycles. The van der Waals surface area contributed by atoms with E-state index in [0.29, 0.717) is 11.5 Å². The number of aliphatic hydroxyl groups is 1. The molecular weight excluding hydrogens is 228 g/mol. The Labute approximate surface area is 108 Å². The molecule has 1 N–H and O–H groups in total. The van der Waals surface area contributed by atoms with Gasteiger partial charge in [0.1, 0.15) is 6.10 Å². The number of fused-ring (bicyclic) bond motifs is 2. The van der Waals surface area contributed by atoms with Crippen LogP contribution in [0.3, 0.4) is 0 Å². The van der Waals surface area contributed by atoms with E-state index in [0.717, 1.165) is 24.8 Å². The average molecular weight is 248 g/mol. The fraction of sp³-hybridized carbons (Fsp3) is 0.667. The first-order valence-corrected chi connectivity index (χ1v) is 6.77. The summed E-state index contributed by atoms with van der Waals surface area (Å²) < 4.78 is 5.33. The van der Waals surface area contributed by atoms with Crippen molar-refractivity contribution >= 4 is 5.97 Å². The van der Waals surface area contributed by atoms with E-state index in [-0.39, 0.29) is 17.5 Å². The lowest BCUT2D eigenvalue weighted by Gasteiger charge is -2.49. The minimum Gasteiger partial charge on any atom is -0.450 e. The van der Waals surface area contributed by atoms with Crippen molar-refractivity contribution in [2.45, 2.75) is 52.2 Å². The molecule has 0 amide bonds. The number of rotatable bonds is 0. The molecule has 1 heterocycles. The lowest BCUT2D eigenvalue weighted by atomic mass is 9.57. The fourth-order valence-corrected chi connectivity index (χ4v) is 3.78. The molecule has 98 valence electrons. The molecule has 0 bridgehead atoms. The molecule has 1 fully saturated rings. The second-order valence-corrected chi connectivity index (χ2v) is 6.08. The Balaban J connectivity index is 2.14. The Morgan fingerprint density at radius 1 is 1.50 bits per heavy atom. The van der Waals surface area contributed by atoms with Crippen LogP contribution in [0.4, 0.5) is 0 Å². The molecule has 3 rings (SSSR count). The Kier molecular flexibility index (Phi) is 2.46. The second-order valence-electron chi connectivity index (χ2n) is 6.08. The Morgan fingerprint density at radius 3 is 2.94 bits per heavy atom. The summed E-state index contributed by atoms with van der Waals surface area (Å²) in [5, 5.41) is 10.8. The topological polar surface area (TPSA) is 46.5 Å². The molecule has 18 heavy (non-hydrogen) atoms. The van der Waals surface area contributed by atoms with Gasteiger partial charge in [0.15, 0.2) is 0 Å². The van der Waals surface area contributed by atoms with Crippen LogP contribution >= 0.6 is 0 Å². The standard InChI is InChI=1S/C15H20O3/c1-8-5-4-6-10-7-11-12(9(2)14(17)18-11)13(16)15(8,10)3/h7-8,11,13,16H,4-6H2,1-3H3/t8-,11+,13-,15+/m1/s1. The number of aliphatic hydroxyl groups excluding tert-OH is 1. The van der Waals surface area contributed by atoms with Gasteiger partial charge in [-0.1, -0.05) is 19.4 Å². The molecule has 0 radical (unpaired) electrons. The number of ether oxygens (including phenoxy) is 1. The highest BCUT2D eigenvalue weighted by Crippen LogP contribution is 2.53. The van der Waals surface area contributed by atoms with Gasteiger partial charge in [-0.15, -0.1) is 0 Å². The number of hydrogen-bond donors (Lipinski definition) is 1. The van der Waals surface area contributed by atoms with Crippen LogP contribution in [0.15, 0.2) is 22.8 Å². The lowest BCUT2D eigenvalue weighted by Crippen LogP contribution is -2.48. The van der Waals surface area contributed by atoms with E-state index in [9.17, 15) is 9.90 Å². The van der Waals surface area contributed by atoms with Gasteiger partial charge < -0.3 is 9.84 Å². The van der Waals surface area contributed by atoms with Crippen LogP contribution in [-0.2, 0) is 9.53 Å². The molecule has 3 aliphatic rings. The third-order valence-corrected chi connectivity index (χ3v) is 5.29. The van der Waals surface area contributed by atoms with Crippen molar-refractivity contribution in [3.63, 3.8) is 0 Å². The van der Waals surface area contributed by atoms with Gasteiger partial charge in [-0.3, -0.25) is 0 Å². The van der Waals surface area contributed by atoms with Crippen LogP contribution in [0.1, 0.15) is 40.0 Å². The molecule has 0 aromatic rings. The van der Waals surface area contributed by atoms with Crippen molar-refractivity contribution < 1.29 is 14.6 Å². The van der Waals surface area contributed by atoms with Gasteiger partial charge in [0.2, 0.25) is 0 Å².